The highest BCUT2D eigenvalue weighted by atomic mass is 16.5. The van der Waals surface area contributed by atoms with Crippen molar-refractivity contribution in [2.45, 2.75) is 60.2 Å². The van der Waals surface area contributed by atoms with E-state index in [0.29, 0.717) is 12.5 Å². The normalized spacial score (nSPS) is 18.9. The van der Waals surface area contributed by atoms with Crippen LogP contribution in [-0.4, -0.2) is 7.11 Å². The van der Waals surface area contributed by atoms with Crippen molar-refractivity contribution in [3.8, 4) is 5.75 Å². The van der Waals surface area contributed by atoms with E-state index in [1.54, 1.807) is 7.11 Å². The molecule has 1 aliphatic rings. The number of hydrogen-bond acceptors (Lipinski definition) is 2. The molecule has 0 aromatic heterocycles. The lowest BCUT2D eigenvalue weighted by Crippen LogP contribution is -2.23. The van der Waals surface area contributed by atoms with Crippen molar-refractivity contribution in [3.05, 3.63) is 75.4 Å². The van der Waals surface area contributed by atoms with Crippen LogP contribution >= 0.6 is 0 Å². The number of fused-ring (bicyclic) bond motifs is 1. The van der Waals surface area contributed by atoms with Crippen molar-refractivity contribution in [1.29, 1.82) is 0 Å². The van der Waals surface area contributed by atoms with Gasteiger partial charge in [0.2, 0.25) is 0 Å². The van der Waals surface area contributed by atoms with Gasteiger partial charge in [0, 0.05) is 13.0 Å². The van der Waals surface area contributed by atoms with E-state index in [0.717, 1.165) is 18.6 Å². The summed E-state index contributed by atoms with van der Waals surface area (Å²) >= 11 is 0. The monoisotopic (exact) mass is 364 g/mol. The predicted molar refractivity (Wildman–Crippen MR) is 113 cm³/mol. The van der Waals surface area contributed by atoms with E-state index in [2.05, 4.69) is 59.4 Å². The second kappa shape index (κ2) is 7.90. The third-order valence-corrected chi connectivity index (χ3v) is 6.09. The maximum Gasteiger partial charge on any atom is 0.123 e. The molecule has 2 aromatic carbocycles. The summed E-state index contributed by atoms with van der Waals surface area (Å²) in [4.78, 5) is 0. The van der Waals surface area contributed by atoms with Crippen LogP contribution in [0.4, 0.5) is 0 Å². The maximum atomic E-state index is 6.35. The van der Waals surface area contributed by atoms with Crippen LogP contribution in [0.5, 0.6) is 5.75 Å². The average Bonchev–Trinajstić information content (AvgIpc) is 2.63. The van der Waals surface area contributed by atoms with Crippen molar-refractivity contribution < 1.29 is 9.47 Å². The van der Waals surface area contributed by atoms with E-state index in [9.17, 15) is 0 Å². The second-order valence-electron chi connectivity index (χ2n) is 7.97. The molecular formula is C25H32O2. The van der Waals surface area contributed by atoms with Gasteiger partial charge in [0.25, 0.3) is 0 Å². The first-order valence-electron chi connectivity index (χ1n) is 9.85. The summed E-state index contributed by atoms with van der Waals surface area (Å²) in [5.74, 6) is 1.33. The Morgan fingerprint density at radius 2 is 1.70 bits per heavy atom. The smallest absolute Gasteiger partial charge is 0.123 e. The summed E-state index contributed by atoms with van der Waals surface area (Å²) in [5, 5.41) is 0. The van der Waals surface area contributed by atoms with E-state index in [-0.39, 0.29) is 6.10 Å². The molecule has 0 aliphatic heterocycles. The van der Waals surface area contributed by atoms with Gasteiger partial charge in [-0.2, -0.15) is 0 Å². The molecule has 0 saturated carbocycles. The Kier molecular flexibility index (Phi) is 5.76. The molecule has 144 valence electrons. The van der Waals surface area contributed by atoms with Gasteiger partial charge < -0.3 is 9.47 Å². The summed E-state index contributed by atoms with van der Waals surface area (Å²) < 4.78 is 12.3. The SMILES string of the molecule is C=C[C@@H]1CCc2c(C)cc(OCc3c(C)cc(C)cc3C)c(C)c2[C@@H]1OC. The van der Waals surface area contributed by atoms with Crippen LogP contribution < -0.4 is 4.74 Å². The van der Waals surface area contributed by atoms with Gasteiger partial charge in [0.15, 0.2) is 0 Å². The van der Waals surface area contributed by atoms with Crippen molar-refractivity contribution in [2.75, 3.05) is 7.11 Å². The Labute approximate surface area is 164 Å². The molecule has 0 bridgehead atoms. The highest BCUT2D eigenvalue weighted by Gasteiger charge is 2.31. The quantitative estimate of drug-likeness (QED) is 0.584. The molecule has 0 radical (unpaired) electrons. The molecule has 0 N–H and O–H groups in total. The number of rotatable bonds is 5. The summed E-state index contributed by atoms with van der Waals surface area (Å²) in [6.45, 7) is 15.4. The van der Waals surface area contributed by atoms with Crippen molar-refractivity contribution in [1.82, 2.24) is 0 Å². The largest absolute Gasteiger partial charge is 0.489 e. The van der Waals surface area contributed by atoms with E-state index < -0.39 is 0 Å². The molecule has 0 heterocycles. The summed E-state index contributed by atoms with van der Waals surface area (Å²) in [6, 6.07) is 6.66. The van der Waals surface area contributed by atoms with Crippen LogP contribution in [0.15, 0.2) is 30.9 Å². The molecule has 3 rings (SSSR count). The number of methoxy groups -OCH3 is 1. The first-order valence-corrected chi connectivity index (χ1v) is 9.85. The van der Waals surface area contributed by atoms with Crippen molar-refractivity contribution in [2.24, 2.45) is 5.92 Å². The van der Waals surface area contributed by atoms with Gasteiger partial charge in [-0.05, 0) is 92.5 Å². The molecule has 1 aliphatic carbocycles. The van der Waals surface area contributed by atoms with Crippen LogP contribution in [0.1, 0.15) is 57.0 Å². The Hall–Kier alpha value is -2.06. The Morgan fingerprint density at radius 1 is 1.04 bits per heavy atom. The molecule has 0 saturated heterocycles. The Balaban J connectivity index is 1.96. The van der Waals surface area contributed by atoms with Gasteiger partial charge in [-0.3, -0.25) is 0 Å². The van der Waals surface area contributed by atoms with Crippen LogP contribution in [0.3, 0.4) is 0 Å². The highest BCUT2D eigenvalue weighted by molar-refractivity contribution is 5.51. The topological polar surface area (TPSA) is 18.5 Å². The second-order valence-corrected chi connectivity index (χ2v) is 7.97. The lowest BCUT2D eigenvalue weighted by atomic mass is 9.77. The first kappa shape index (κ1) is 19.7. The zero-order valence-electron chi connectivity index (χ0n) is 17.6. The van der Waals surface area contributed by atoms with Crippen LogP contribution in [0.2, 0.25) is 0 Å². The molecule has 2 heteroatoms. The van der Waals surface area contributed by atoms with Gasteiger partial charge in [-0.15, -0.1) is 6.58 Å². The fraction of sp³-hybridized carbons (Fsp3) is 0.440. The summed E-state index contributed by atoms with van der Waals surface area (Å²) in [5.41, 5.74) is 10.4. The first-order chi connectivity index (χ1) is 12.9. The molecule has 2 nitrogen and oxygen atoms in total. The lowest BCUT2D eigenvalue weighted by Gasteiger charge is -2.34. The number of hydrogen-bond donors (Lipinski definition) is 0. The standard InChI is InChI=1S/C25H32O2/c1-8-20-9-10-21-18(5)13-23(19(6)24(21)25(20)26-7)27-14-22-16(3)11-15(2)12-17(22)4/h8,11-13,20,25H,1,9-10,14H2,2-7H3/t20-,25-/m1/s1. The number of ether oxygens (including phenoxy) is 2. The molecule has 2 aromatic rings. The third kappa shape index (κ3) is 3.68. The molecular weight excluding hydrogens is 332 g/mol. The Bertz CT molecular complexity index is 840. The molecule has 0 unspecified atom stereocenters. The van der Waals surface area contributed by atoms with Crippen LogP contribution in [0.25, 0.3) is 0 Å². The minimum atomic E-state index is 0.0661. The van der Waals surface area contributed by atoms with Gasteiger partial charge in [0.05, 0.1) is 6.10 Å². The average molecular weight is 365 g/mol. The molecule has 2 atom stereocenters. The van der Waals surface area contributed by atoms with E-state index >= 15 is 0 Å². The minimum Gasteiger partial charge on any atom is -0.489 e. The van der Waals surface area contributed by atoms with Gasteiger partial charge in [0.1, 0.15) is 12.4 Å². The van der Waals surface area contributed by atoms with E-state index in [4.69, 9.17) is 9.47 Å². The van der Waals surface area contributed by atoms with Gasteiger partial charge in [-0.1, -0.05) is 23.8 Å². The van der Waals surface area contributed by atoms with E-state index in [1.807, 2.05) is 6.08 Å². The van der Waals surface area contributed by atoms with Gasteiger partial charge >= 0.3 is 0 Å². The van der Waals surface area contributed by atoms with Crippen molar-refractivity contribution in [3.63, 3.8) is 0 Å². The lowest BCUT2D eigenvalue weighted by molar-refractivity contribution is 0.0578. The molecule has 27 heavy (non-hydrogen) atoms. The fourth-order valence-electron chi connectivity index (χ4n) is 4.63. The molecule has 0 fully saturated rings. The maximum absolute atomic E-state index is 6.35. The predicted octanol–water partition coefficient (Wildman–Crippen LogP) is 6.24. The molecule has 0 amide bonds. The highest BCUT2D eigenvalue weighted by Crippen LogP contribution is 2.43. The van der Waals surface area contributed by atoms with E-state index in [1.165, 1.54) is 44.5 Å². The zero-order chi connectivity index (χ0) is 19.7. The zero-order valence-corrected chi connectivity index (χ0v) is 17.6. The minimum absolute atomic E-state index is 0.0661. The fourth-order valence-corrected chi connectivity index (χ4v) is 4.63. The van der Waals surface area contributed by atoms with Crippen LogP contribution in [0, 0.1) is 40.5 Å². The third-order valence-electron chi connectivity index (χ3n) is 6.09. The number of aryl methyl sites for hydroxylation is 4. The van der Waals surface area contributed by atoms with Crippen LogP contribution in [-0.2, 0) is 17.8 Å². The molecule has 0 spiro atoms. The number of benzene rings is 2. The van der Waals surface area contributed by atoms with Gasteiger partial charge in [-0.25, -0.2) is 0 Å². The van der Waals surface area contributed by atoms with Crippen molar-refractivity contribution >= 4 is 0 Å². The Morgan fingerprint density at radius 3 is 2.30 bits per heavy atom. The summed E-state index contributed by atoms with van der Waals surface area (Å²) in [7, 11) is 1.80. The summed E-state index contributed by atoms with van der Waals surface area (Å²) in [6.07, 6.45) is 4.28.